The molecule has 302 valence electrons. The Hall–Kier alpha value is -3.75. The zero-order valence-corrected chi connectivity index (χ0v) is 31.2. The maximum Gasteiger partial charge on any atom is 0.416 e. The normalized spacial score (nSPS) is 32.8. The number of carbonyl (C=O) groups is 2. The summed E-state index contributed by atoms with van der Waals surface area (Å²) < 4.78 is 56.6. The largest absolute Gasteiger partial charge is 0.491 e. The van der Waals surface area contributed by atoms with Crippen LogP contribution in [0.5, 0.6) is 17.2 Å². The van der Waals surface area contributed by atoms with Gasteiger partial charge in [0.25, 0.3) is 0 Å². The van der Waals surface area contributed by atoms with Crippen molar-refractivity contribution < 1.29 is 57.4 Å². The molecule has 2 heterocycles. The predicted octanol–water partition coefficient (Wildman–Crippen LogP) is 5.21. The molecule has 4 N–H and O–H groups in total. The molecule has 1 spiro atoms. The Balaban J connectivity index is 0.836. The lowest BCUT2D eigenvalue weighted by Crippen LogP contribution is -2.76. The minimum absolute atomic E-state index is 0.0150. The lowest BCUT2D eigenvalue weighted by Gasteiger charge is -2.62. The van der Waals surface area contributed by atoms with Crippen LogP contribution in [0, 0.1) is 17.8 Å². The van der Waals surface area contributed by atoms with Crippen LogP contribution < -0.4 is 14.2 Å². The molecule has 3 saturated carbocycles. The highest BCUT2D eigenvalue weighted by Gasteiger charge is 2.73. The zero-order valence-electron chi connectivity index (χ0n) is 31.2. The molecule has 8 rings (SSSR count). The molecule has 9 atom stereocenters. The van der Waals surface area contributed by atoms with E-state index >= 15 is 0 Å². The van der Waals surface area contributed by atoms with Crippen LogP contribution in [0.25, 0.3) is 0 Å². The number of hydrogen-bond acceptors (Lipinski definition) is 10. The molecule has 0 amide bonds. The summed E-state index contributed by atoms with van der Waals surface area (Å²) in [5.74, 6) is 0.108. The number of esters is 1. The molecular formula is C43H50F3NO9. The number of rotatable bonds is 14. The molecule has 1 saturated heterocycles. The second kappa shape index (κ2) is 15.2. The summed E-state index contributed by atoms with van der Waals surface area (Å²) in [5, 5.41) is 44.1. The standard InChI is InChI=1S/C43H50F3NO9/c44-43(45,46)27-6-5-7-29(21-27)54-24-28(48)13-14-31-30(33(50)22-34(31)51)8-3-1-2-4-9-37(52)55-35-15-12-26-20-36-42(53)17-16-32(49)40-41(42,38(26)39(35)56-40)18-19-47(36)23-25-10-11-25/h1,3,5-7,12-15,21,25,28,30-31,33-34,36,40,48,50-51,53H,2,4,8-11,16-20,22-24H2/b3-1-,14-13+/t28-,30-,31-,33+,34-,36+,40-,41-,42+/m1/s1. The van der Waals surface area contributed by atoms with Crippen LogP contribution in [0.1, 0.15) is 80.9 Å². The van der Waals surface area contributed by atoms with E-state index in [0.29, 0.717) is 50.2 Å². The number of alkyl halides is 3. The van der Waals surface area contributed by atoms with Gasteiger partial charge in [0, 0.05) is 43.3 Å². The van der Waals surface area contributed by atoms with Crippen LogP contribution in [0.2, 0.25) is 0 Å². The third kappa shape index (κ3) is 7.18. The summed E-state index contributed by atoms with van der Waals surface area (Å²) in [5.41, 5.74) is -0.895. The van der Waals surface area contributed by atoms with E-state index in [4.69, 9.17) is 14.2 Å². The van der Waals surface area contributed by atoms with Crippen molar-refractivity contribution in [3.8, 4) is 17.2 Å². The number of allylic oxidation sites excluding steroid dienone is 2. The highest BCUT2D eigenvalue weighted by molar-refractivity contribution is 5.90. The number of carbonyl (C=O) groups excluding carboxylic acids is 2. The van der Waals surface area contributed by atoms with Gasteiger partial charge in [-0.3, -0.25) is 14.5 Å². The first-order valence-corrected chi connectivity index (χ1v) is 20.0. The summed E-state index contributed by atoms with van der Waals surface area (Å²) in [4.78, 5) is 28.9. The van der Waals surface area contributed by atoms with Crippen molar-refractivity contribution in [2.75, 3.05) is 19.7 Å². The maximum atomic E-state index is 13.4. The second-order valence-electron chi connectivity index (χ2n) is 16.7. The van der Waals surface area contributed by atoms with Gasteiger partial charge in [0.05, 0.1) is 28.8 Å². The number of nitrogens with zero attached hydrogens (tertiary/aromatic N) is 1. The first-order valence-electron chi connectivity index (χ1n) is 20.0. The smallest absolute Gasteiger partial charge is 0.416 e. The molecule has 10 nitrogen and oxygen atoms in total. The molecule has 2 aromatic rings. The molecule has 4 fully saturated rings. The maximum absolute atomic E-state index is 13.4. The molecule has 13 heteroatoms. The number of likely N-dealkylation sites (tertiary alicyclic amines) is 1. The van der Waals surface area contributed by atoms with E-state index in [1.54, 1.807) is 12.1 Å². The van der Waals surface area contributed by atoms with Crippen LogP contribution in [-0.4, -0.2) is 92.8 Å². The monoisotopic (exact) mass is 781 g/mol. The van der Waals surface area contributed by atoms with Crippen LogP contribution >= 0.6 is 0 Å². The molecule has 2 aromatic carbocycles. The van der Waals surface area contributed by atoms with Gasteiger partial charge in [0.2, 0.25) is 0 Å². The average molecular weight is 782 g/mol. The van der Waals surface area contributed by atoms with Crippen molar-refractivity contribution in [1.82, 2.24) is 4.90 Å². The number of aliphatic hydroxyl groups excluding tert-OH is 3. The highest BCUT2D eigenvalue weighted by Crippen LogP contribution is 2.65. The minimum atomic E-state index is -4.52. The van der Waals surface area contributed by atoms with Crippen molar-refractivity contribution >= 4 is 11.8 Å². The van der Waals surface area contributed by atoms with Crippen molar-refractivity contribution in [2.45, 2.75) is 118 Å². The van der Waals surface area contributed by atoms with Crippen molar-refractivity contribution in [3.63, 3.8) is 0 Å². The van der Waals surface area contributed by atoms with E-state index in [2.05, 4.69) is 4.90 Å². The van der Waals surface area contributed by atoms with Crippen molar-refractivity contribution in [3.05, 3.63) is 77.4 Å². The Bertz CT molecular complexity index is 1880. The molecule has 0 radical (unpaired) electrons. The Labute approximate surface area is 323 Å². The summed E-state index contributed by atoms with van der Waals surface area (Å²) in [7, 11) is 0. The Kier molecular flexibility index (Phi) is 10.6. The number of unbranched alkanes of at least 4 members (excludes halogenated alkanes) is 1. The van der Waals surface area contributed by atoms with Crippen LogP contribution in [0.4, 0.5) is 13.2 Å². The summed E-state index contributed by atoms with van der Waals surface area (Å²) in [6, 6.07) is 8.03. The van der Waals surface area contributed by atoms with Gasteiger partial charge < -0.3 is 34.6 Å². The Morgan fingerprint density at radius 1 is 1.11 bits per heavy atom. The van der Waals surface area contributed by atoms with E-state index in [0.717, 1.165) is 36.3 Å². The van der Waals surface area contributed by atoms with Gasteiger partial charge in [-0.05, 0) is 99.6 Å². The zero-order chi connectivity index (χ0) is 39.4. The SMILES string of the molecule is O=C(CCC/C=C\C[C@@H]1[C@@H](/C=C/[C@@H](O)COc2cccc(C(F)(F)F)c2)[C@H](O)C[C@@H]1O)Oc1ccc2c3c1O[C@@H]1C(=O)CC[C@]4(O)[C@H](C2)N(CC2CC2)CC[C@@]314. The van der Waals surface area contributed by atoms with Gasteiger partial charge in [0.1, 0.15) is 18.5 Å². The fourth-order valence-electron chi connectivity index (χ4n) is 10.2. The van der Waals surface area contributed by atoms with E-state index in [1.165, 1.54) is 31.1 Å². The van der Waals surface area contributed by atoms with E-state index in [1.807, 2.05) is 18.2 Å². The van der Waals surface area contributed by atoms with Crippen LogP contribution in [-0.2, 0) is 27.6 Å². The number of aliphatic hydroxyl groups is 4. The summed E-state index contributed by atoms with van der Waals surface area (Å²) in [6.07, 6.45) is 4.96. The second-order valence-corrected chi connectivity index (χ2v) is 16.7. The van der Waals surface area contributed by atoms with Gasteiger partial charge in [-0.25, -0.2) is 0 Å². The fraction of sp³-hybridized carbons (Fsp3) is 0.581. The molecular weight excluding hydrogens is 731 g/mol. The number of ketones is 1. The lowest BCUT2D eigenvalue weighted by atomic mass is 9.49. The molecule has 4 aliphatic carbocycles. The Morgan fingerprint density at radius 2 is 1.93 bits per heavy atom. The molecule has 2 bridgehead atoms. The minimum Gasteiger partial charge on any atom is -0.491 e. The topological polar surface area (TPSA) is 146 Å². The van der Waals surface area contributed by atoms with Gasteiger partial charge in [-0.1, -0.05) is 36.4 Å². The van der Waals surface area contributed by atoms with Crippen LogP contribution in [0.3, 0.4) is 0 Å². The first kappa shape index (κ1) is 39.1. The van der Waals surface area contributed by atoms with Crippen molar-refractivity contribution in [2.24, 2.45) is 17.8 Å². The van der Waals surface area contributed by atoms with Gasteiger partial charge in [0.15, 0.2) is 23.4 Å². The quantitative estimate of drug-likeness (QED) is 0.0873. The fourth-order valence-corrected chi connectivity index (χ4v) is 10.2. The third-order valence-corrected chi connectivity index (χ3v) is 13.1. The molecule has 56 heavy (non-hydrogen) atoms. The highest BCUT2D eigenvalue weighted by atomic mass is 19.4. The molecule has 6 aliphatic rings. The van der Waals surface area contributed by atoms with Gasteiger partial charge >= 0.3 is 12.1 Å². The lowest BCUT2D eigenvalue weighted by molar-refractivity contribution is -0.188. The van der Waals surface area contributed by atoms with E-state index < -0.39 is 59.1 Å². The number of benzene rings is 2. The summed E-state index contributed by atoms with van der Waals surface area (Å²) in [6.45, 7) is 1.47. The summed E-state index contributed by atoms with van der Waals surface area (Å²) >= 11 is 0. The van der Waals surface area contributed by atoms with E-state index in [9.17, 15) is 43.2 Å². The van der Waals surface area contributed by atoms with Crippen LogP contribution in [0.15, 0.2) is 60.7 Å². The number of halogens is 3. The number of ether oxygens (including phenoxy) is 3. The third-order valence-electron chi connectivity index (χ3n) is 13.1. The molecule has 2 aliphatic heterocycles. The predicted molar refractivity (Wildman–Crippen MR) is 197 cm³/mol. The average Bonchev–Trinajstić information content (AvgIpc) is 3.84. The van der Waals surface area contributed by atoms with Crippen molar-refractivity contribution in [1.29, 1.82) is 0 Å². The van der Waals surface area contributed by atoms with E-state index in [-0.39, 0.29) is 55.1 Å². The number of piperidine rings is 1. The molecule has 0 aromatic heterocycles. The number of Topliss-reactive ketones (excluding diaryl/α,β-unsaturated/α-hetero) is 1. The van der Waals surface area contributed by atoms with Gasteiger partial charge in [-0.2, -0.15) is 13.2 Å². The van der Waals surface area contributed by atoms with Gasteiger partial charge in [-0.15, -0.1) is 0 Å². The number of hydrogen-bond donors (Lipinski definition) is 4. The molecule has 0 unspecified atom stereocenters. The Morgan fingerprint density at radius 3 is 2.71 bits per heavy atom. The first-order chi connectivity index (χ1) is 26.8.